The maximum absolute atomic E-state index is 11.8. The normalized spacial score (nSPS) is 14.1. The molecule has 0 aliphatic heterocycles. The van der Waals surface area contributed by atoms with Gasteiger partial charge in [-0.3, -0.25) is 4.39 Å². The van der Waals surface area contributed by atoms with Crippen LogP contribution < -0.4 is 10.6 Å². The first-order chi connectivity index (χ1) is 8.06. The van der Waals surface area contributed by atoms with E-state index in [1.54, 1.807) is 6.92 Å². The average molecular weight is 260 g/mol. The van der Waals surface area contributed by atoms with Crippen LogP contribution >= 0.6 is 11.3 Å². The highest BCUT2D eigenvalue weighted by atomic mass is 32.1. The van der Waals surface area contributed by atoms with Crippen LogP contribution in [0.25, 0.3) is 0 Å². The van der Waals surface area contributed by atoms with Crippen LogP contribution in [0.5, 0.6) is 0 Å². The Bertz CT molecular complexity index is 341. The number of urea groups is 1. The first kappa shape index (κ1) is 13.9. The van der Waals surface area contributed by atoms with Gasteiger partial charge in [0, 0.05) is 6.54 Å². The van der Waals surface area contributed by atoms with Crippen LogP contribution in [0.1, 0.15) is 18.9 Å². The molecule has 1 rings (SSSR count). The fourth-order valence-corrected chi connectivity index (χ4v) is 2.04. The van der Waals surface area contributed by atoms with Gasteiger partial charge in [-0.25, -0.2) is 4.79 Å². The van der Waals surface area contributed by atoms with Crippen molar-refractivity contribution in [1.29, 1.82) is 0 Å². The van der Waals surface area contributed by atoms with Crippen molar-refractivity contribution < 1.29 is 14.3 Å². The molecule has 0 aliphatic rings. The van der Waals surface area contributed by atoms with Crippen LogP contribution in [0.3, 0.4) is 0 Å². The van der Waals surface area contributed by atoms with Crippen molar-refractivity contribution in [2.45, 2.75) is 18.9 Å². The molecule has 6 heteroatoms. The lowest BCUT2D eigenvalue weighted by atomic mass is 9.99. The standard InChI is InChI=1S/C11H17FN2O2S/c1-11(16,9-3-6-17-7-9)8-14-10(15)13-5-2-4-12/h3,6-7,16H,2,4-5,8H2,1H3,(H2,13,14,15). The summed E-state index contributed by atoms with van der Waals surface area (Å²) in [6.45, 7) is 1.60. The van der Waals surface area contributed by atoms with Crippen LogP contribution in [0.15, 0.2) is 16.8 Å². The summed E-state index contributed by atoms with van der Waals surface area (Å²) in [6.07, 6.45) is 0.300. The number of rotatable bonds is 6. The number of hydrogen-bond acceptors (Lipinski definition) is 3. The van der Waals surface area contributed by atoms with Crippen molar-refractivity contribution >= 4 is 17.4 Å². The molecule has 3 N–H and O–H groups in total. The second kappa shape index (κ2) is 6.56. The second-order valence-electron chi connectivity index (χ2n) is 3.94. The summed E-state index contributed by atoms with van der Waals surface area (Å²) in [7, 11) is 0. The molecule has 1 aromatic heterocycles. The molecule has 0 fully saturated rings. The van der Waals surface area contributed by atoms with Crippen LogP contribution in [0, 0.1) is 0 Å². The zero-order valence-corrected chi connectivity index (χ0v) is 10.5. The lowest BCUT2D eigenvalue weighted by Gasteiger charge is -2.22. The molecule has 17 heavy (non-hydrogen) atoms. The molecule has 0 bridgehead atoms. The molecular formula is C11H17FN2O2S. The monoisotopic (exact) mass is 260 g/mol. The van der Waals surface area contributed by atoms with Crippen molar-refractivity contribution in [2.75, 3.05) is 19.8 Å². The summed E-state index contributed by atoms with van der Waals surface area (Å²) in [5.41, 5.74) is -0.316. The Balaban J connectivity index is 2.32. The molecule has 96 valence electrons. The Labute approximate surface area is 104 Å². The minimum Gasteiger partial charge on any atom is -0.384 e. The van der Waals surface area contributed by atoms with Crippen LogP contribution in [0.2, 0.25) is 0 Å². The Morgan fingerprint density at radius 2 is 2.35 bits per heavy atom. The van der Waals surface area contributed by atoms with Crippen LogP contribution in [-0.4, -0.2) is 30.9 Å². The van der Waals surface area contributed by atoms with E-state index in [4.69, 9.17) is 0 Å². The molecule has 1 heterocycles. The summed E-state index contributed by atoms with van der Waals surface area (Å²) < 4.78 is 11.8. The Morgan fingerprint density at radius 1 is 1.59 bits per heavy atom. The summed E-state index contributed by atoms with van der Waals surface area (Å²) in [6, 6.07) is 1.42. The third-order valence-corrected chi connectivity index (χ3v) is 3.02. The molecule has 1 aromatic rings. The number of carbonyl (C=O) groups excluding carboxylic acids is 1. The number of carbonyl (C=O) groups is 1. The van der Waals surface area contributed by atoms with Crippen molar-refractivity contribution in [1.82, 2.24) is 10.6 Å². The molecular weight excluding hydrogens is 243 g/mol. The Hall–Kier alpha value is -1.14. The predicted octanol–water partition coefficient (Wildman–Crippen LogP) is 1.61. The smallest absolute Gasteiger partial charge is 0.314 e. The predicted molar refractivity (Wildman–Crippen MR) is 65.9 cm³/mol. The summed E-state index contributed by atoms with van der Waals surface area (Å²) in [5.74, 6) is 0. The van der Waals surface area contributed by atoms with E-state index in [-0.39, 0.29) is 6.54 Å². The van der Waals surface area contributed by atoms with Gasteiger partial charge in [0.15, 0.2) is 0 Å². The van der Waals surface area contributed by atoms with Gasteiger partial charge >= 0.3 is 6.03 Å². The van der Waals surface area contributed by atoms with Gasteiger partial charge in [-0.15, -0.1) is 0 Å². The summed E-state index contributed by atoms with van der Waals surface area (Å²) >= 11 is 1.49. The first-order valence-corrected chi connectivity index (χ1v) is 6.33. The molecule has 4 nitrogen and oxygen atoms in total. The minimum atomic E-state index is -1.09. The highest BCUT2D eigenvalue weighted by Gasteiger charge is 2.23. The van der Waals surface area contributed by atoms with Crippen molar-refractivity contribution in [3.63, 3.8) is 0 Å². The average Bonchev–Trinajstić information content (AvgIpc) is 2.81. The van der Waals surface area contributed by atoms with Gasteiger partial charge < -0.3 is 15.7 Å². The van der Waals surface area contributed by atoms with E-state index in [1.807, 2.05) is 16.8 Å². The van der Waals surface area contributed by atoms with E-state index >= 15 is 0 Å². The fraction of sp³-hybridized carbons (Fsp3) is 0.545. The molecule has 0 spiro atoms. The number of halogens is 1. The maximum atomic E-state index is 11.8. The number of nitrogens with one attached hydrogen (secondary N) is 2. The molecule has 0 radical (unpaired) electrons. The van der Waals surface area contributed by atoms with Crippen molar-refractivity contribution in [3.05, 3.63) is 22.4 Å². The number of thiophene rings is 1. The van der Waals surface area contributed by atoms with Gasteiger partial charge in [-0.05, 0) is 35.7 Å². The van der Waals surface area contributed by atoms with E-state index in [9.17, 15) is 14.3 Å². The van der Waals surface area contributed by atoms with E-state index in [0.717, 1.165) is 5.56 Å². The molecule has 0 saturated carbocycles. The fourth-order valence-electron chi connectivity index (χ4n) is 1.26. The highest BCUT2D eigenvalue weighted by Crippen LogP contribution is 2.21. The molecule has 0 aliphatic carbocycles. The Morgan fingerprint density at radius 3 is 2.94 bits per heavy atom. The number of hydrogen-bond donors (Lipinski definition) is 3. The summed E-state index contributed by atoms with van der Waals surface area (Å²) in [5, 5.41) is 18.9. The lowest BCUT2D eigenvalue weighted by Crippen LogP contribution is -2.43. The van der Waals surface area contributed by atoms with Crippen LogP contribution in [0.4, 0.5) is 9.18 Å². The minimum absolute atomic E-state index is 0.116. The third-order valence-electron chi connectivity index (χ3n) is 2.33. The number of alkyl halides is 1. The lowest BCUT2D eigenvalue weighted by molar-refractivity contribution is 0.0598. The van der Waals surface area contributed by atoms with Crippen molar-refractivity contribution in [2.24, 2.45) is 0 Å². The van der Waals surface area contributed by atoms with Crippen molar-refractivity contribution in [3.8, 4) is 0 Å². The van der Waals surface area contributed by atoms with E-state index < -0.39 is 18.3 Å². The van der Waals surface area contributed by atoms with E-state index in [2.05, 4.69) is 10.6 Å². The first-order valence-electron chi connectivity index (χ1n) is 5.39. The third kappa shape index (κ3) is 4.70. The number of amides is 2. The number of aliphatic hydroxyl groups is 1. The van der Waals surface area contributed by atoms with Gasteiger partial charge in [0.1, 0.15) is 5.60 Å². The van der Waals surface area contributed by atoms with Crippen LogP contribution in [-0.2, 0) is 5.60 Å². The molecule has 1 atom stereocenters. The van der Waals surface area contributed by atoms with Gasteiger partial charge in [-0.1, -0.05) is 0 Å². The SMILES string of the molecule is CC(O)(CNC(=O)NCCCF)c1ccsc1. The zero-order valence-electron chi connectivity index (χ0n) is 9.70. The van der Waals surface area contributed by atoms with E-state index in [0.29, 0.717) is 13.0 Å². The quantitative estimate of drug-likeness (QED) is 0.681. The maximum Gasteiger partial charge on any atom is 0.314 e. The van der Waals surface area contributed by atoms with Gasteiger partial charge in [0.05, 0.1) is 13.2 Å². The van der Waals surface area contributed by atoms with Gasteiger partial charge in [0.2, 0.25) is 0 Å². The van der Waals surface area contributed by atoms with Gasteiger partial charge in [0.25, 0.3) is 0 Å². The molecule has 0 saturated heterocycles. The Kier molecular flexibility index (Phi) is 5.37. The summed E-state index contributed by atoms with van der Waals surface area (Å²) in [4.78, 5) is 11.3. The molecule has 0 aromatic carbocycles. The second-order valence-corrected chi connectivity index (χ2v) is 4.72. The van der Waals surface area contributed by atoms with E-state index in [1.165, 1.54) is 11.3 Å². The molecule has 1 unspecified atom stereocenters. The largest absolute Gasteiger partial charge is 0.384 e. The topological polar surface area (TPSA) is 61.4 Å². The van der Waals surface area contributed by atoms with Gasteiger partial charge in [-0.2, -0.15) is 11.3 Å². The molecule has 2 amide bonds. The zero-order chi connectivity index (χ0) is 12.7. The highest BCUT2D eigenvalue weighted by molar-refractivity contribution is 7.08.